The first kappa shape index (κ1) is 18.0. The van der Waals surface area contributed by atoms with E-state index in [-0.39, 0.29) is 5.57 Å². The van der Waals surface area contributed by atoms with Gasteiger partial charge in [-0.2, -0.15) is 5.26 Å². The highest BCUT2D eigenvalue weighted by Crippen LogP contribution is 2.28. The third-order valence-corrected chi connectivity index (χ3v) is 5.10. The number of rotatable bonds is 4. The normalized spacial score (nSPS) is 11.4. The number of fused-ring (bicyclic) bond motifs is 1. The fourth-order valence-electron chi connectivity index (χ4n) is 2.77. The number of amides is 1. The molecule has 0 unspecified atom stereocenters. The van der Waals surface area contributed by atoms with Crippen LogP contribution in [0, 0.1) is 11.3 Å². The fraction of sp³-hybridized carbons (Fsp3) is 0. The number of carbonyl (C=O) groups is 1. The average Bonchev–Trinajstić information content (AvgIpc) is 3.30. The van der Waals surface area contributed by atoms with Crippen LogP contribution in [-0.4, -0.2) is 15.3 Å². The van der Waals surface area contributed by atoms with Crippen LogP contribution in [0.1, 0.15) is 5.69 Å². The summed E-state index contributed by atoms with van der Waals surface area (Å²) in [7, 11) is 0. The van der Waals surface area contributed by atoms with E-state index in [0.717, 1.165) is 16.2 Å². The summed E-state index contributed by atoms with van der Waals surface area (Å²) in [4.78, 5) is 18.1. The molecule has 2 aromatic carbocycles. The maximum absolute atomic E-state index is 12.6. The van der Waals surface area contributed by atoms with Gasteiger partial charge in [0.25, 0.3) is 5.91 Å². The van der Waals surface area contributed by atoms with E-state index < -0.39 is 5.91 Å². The fourth-order valence-corrected chi connectivity index (χ4v) is 3.61. The van der Waals surface area contributed by atoms with Gasteiger partial charge in [0.05, 0.1) is 11.4 Å². The first-order chi connectivity index (χ1) is 13.7. The quantitative estimate of drug-likeness (QED) is 0.372. The van der Waals surface area contributed by atoms with Crippen LogP contribution in [0.4, 0.5) is 5.69 Å². The van der Waals surface area contributed by atoms with Crippen molar-refractivity contribution in [1.29, 1.82) is 5.26 Å². The number of imidazole rings is 1. The molecular weight excluding hydrogens is 392 g/mol. The molecule has 28 heavy (non-hydrogen) atoms. The Morgan fingerprint density at radius 2 is 1.93 bits per heavy atom. The summed E-state index contributed by atoms with van der Waals surface area (Å²) in [6, 6.07) is 18.4. The zero-order valence-electron chi connectivity index (χ0n) is 14.5. The van der Waals surface area contributed by atoms with E-state index in [0.29, 0.717) is 16.4 Å². The zero-order valence-corrected chi connectivity index (χ0v) is 16.0. The van der Waals surface area contributed by atoms with Gasteiger partial charge < -0.3 is 5.32 Å². The second kappa shape index (κ2) is 7.69. The number of carbonyl (C=O) groups excluding carboxylic acids is 1. The van der Waals surface area contributed by atoms with Crippen molar-refractivity contribution in [3.05, 3.63) is 82.5 Å². The van der Waals surface area contributed by atoms with Crippen LogP contribution in [0.15, 0.2) is 71.7 Å². The van der Waals surface area contributed by atoms with Gasteiger partial charge in [0.15, 0.2) is 4.96 Å². The maximum Gasteiger partial charge on any atom is 0.266 e. The summed E-state index contributed by atoms with van der Waals surface area (Å²) in [6.45, 7) is 0. The molecule has 2 heterocycles. The first-order valence-corrected chi connectivity index (χ1v) is 9.61. The molecule has 4 rings (SSSR count). The number of anilines is 1. The lowest BCUT2D eigenvalue weighted by Gasteiger charge is -2.05. The molecule has 1 N–H and O–H groups in total. The average molecular weight is 405 g/mol. The van der Waals surface area contributed by atoms with Gasteiger partial charge in [-0.15, -0.1) is 11.3 Å². The minimum Gasteiger partial charge on any atom is -0.321 e. The van der Waals surface area contributed by atoms with Gasteiger partial charge in [0.1, 0.15) is 11.6 Å². The molecule has 2 aromatic heterocycles. The van der Waals surface area contributed by atoms with Gasteiger partial charge in [-0.1, -0.05) is 41.9 Å². The zero-order chi connectivity index (χ0) is 19.5. The molecule has 136 valence electrons. The second-order valence-electron chi connectivity index (χ2n) is 5.90. The maximum atomic E-state index is 12.6. The molecule has 0 saturated heterocycles. The lowest BCUT2D eigenvalue weighted by atomic mass is 10.1. The van der Waals surface area contributed by atoms with Crippen LogP contribution in [0.3, 0.4) is 0 Å². The number of nitrogens with zero attached hydrogens (tertiary/aromatic N) is 3. The third-order valence-electron chi connectivity index (χ3n) is 4.09. The highest BCUT2D eigenvalue weighted by atomic mass is 35.5. The predicted molar refractivity (Wildman–Crippen MR) is 112 cm³/mol. The Hall–Kier alpha value is -3.40. The van der Waals surface area contributed by atoms with Gasteiger partial charge in [-0.05, 0) is 30.3 Å². The van der Waals surface area contributed by atoms with Gasteiger partial charge in [0, 0.05) is 27.9 Å². The molecule has 0 fully saturated rings. The van der Waals surface area contributed by atoms with Crippen molar-refractivity contribution in [1.82, 2.24) is 9.38 Å². The van der Waals surface area contributed by atoms with Gasteiger partial charge in [-0.25, -0.2) is 4.98 Å². The summed E-state index contributed by atoms with van der Waals surface area (Å²) in [6.07, 6.45) is 3.44. The summed E-state index contributed by atoms with van der Waals surface area (Å²) < 4.78 is 1.87. The van der Waals surface area contributed by atoms with E-state index in [2.05, 4.69) is 10.3 Å². The standard InChI is InChI=1S/C21H13ClN4OS/c22-16-6-8-17(9-7-16)24-20(27)15(13-23)12-18-19(14-4-2-1-3-5-14)25-21-26(18)10-11-28-21/h1-12H,(H,24,27)/b15-12+. The molecule has 0 saturated carbocycles. The van der Waals surface area contributed by atoms with Crippen molar-refractivity contribution in [2.75, 3.05) is 5.32 Å². The molecule has 0 bridgehead atoms. The first-order valence-electron chi connectivity index (χ1n) is 8.35. The Balaban J connectivity index is 1.74. The van der Waals surface area contributed by atoms with Gasteiger partial charge in [0.2, 0.25) is 0 Å². The minimum atomic E-state index is -0.492. The van der Waals surface area contributed by atoms with Crippen molar-refractivity contribution in [2.45, 2.75) is 0 Å². The van der Waals surface area contributed by atoms with Crippen molar-refractivity contribution in [3.63, 3.8) is 0 Å². The number of hydrogen-bond donors (Lipinski definition) is 1. The molecule has 7 heteroatoms. The number of halogens is 1. The van der Waals surface area contributed by atoms with Gasteiger partial charge >= 0.3 is 0 Å². The molecule has 1 amide bonds. The van der Waals surface area contributed by atoms with Crippen LogP contribution in [0.2, 0.25) is 5.02 Å². The SMILES string of the molecule is N#C/C(=C\c1c(-c2ccccc2)nc2sccn12)C(=O)Nc1ccc(Cl)cc1. The number of hydrogen-bond acceptors (Lipinski definition) is 4. The molecule has 0 aliphatic carbocycles. The summed E-state index contributed by atoms with van der Waals surface area (Å²) in [5.41, 5.74) is 2.87. The number of thiazole rings is 1. The predicted octanol–water partition coefficient (Wildman–Crippen LogP) is 5.26. The summed E-state index contributed by atoms with van der Waals surface area (Å²) >= 11 is 7.36. The molecular formula is C21H13ClN4OS. The van der Waals surface area contributed by atoms with Crippen LogP contribution >= 0.6 is 22.9 Å². The Labute approximate surface area is 170 Å². The lowest BCUT2D eigenvalue weighted by Crippen LogP contribution is -2.13. The van der Waals surface area contributed by atoms with Crippen LogP contribution < -0.4 is 5.32 Å². The van der Waals surface area contributed by atoms with Crippen molar-refractivity contribution in [3.8, 4) is 17.3 Å². The van der Waals surface area contributed by atoms with Crippen molar-refractivity contribution < 1.29 is 4.79 Å². The Morgan fingerprint density at radius 3 is 2.64 bits per heavy atom. The van der Waals surface area contributed by atoms with Crippen LogP contribution in [-0.2, 0) is 4.79 Å². The largest absolute Gasteiger partial charge is 0.321 e. The number of nitriles is 1. The van der Waals surface area contributed by atoms with Crippen molar-refractivity contribution in [2.24, 2.45) is 0 Å². The Kier molecular flexibility index (Phi) is 4.94. The van der Waals surface area contributed by atoms with E-state index >= 15 is 0 Å². The van der Waals surface area contributed by atoms with Crippen LogP contribution in [0.25, 0.3) is 22.3 Å². The highest BCUT2D eigenvalue weighted by molar-refractivity contribution is 7.15. The Morgan fingerprint density at radius 1 is 1.18 bits per heavy atom. The second-order valence-corrected chi connectivity index (χ2v) is 7.21. The highest BCUT2D eigenvalue weighted by Gasteiger charge is 2.17. The summed E-state index contributed by atoms with van der Waals surface area (Å²) in [5, 5.41) is 14.8. The number of aromatic nitrogens is 2. The van der Waals surface area contributed by atoms with Gasteiger partial charge in [-0.3, -0.25) is 9.20 Å². The monoisotopic (exact) mass is 404 g/mol. The summed E-state index contributed by atoms with van der Waals surface area (Å²) in [5.74, 6) is -0.492. The lowest BCUT2D eigenvalue weighted by molar-refractivity contribution is -0.112. The smallest absolute Gasteiger partial charge is 0.266 e. The van der Waals surface area contributed by atoms with E-state index in [4.69, 9.17) is 11.6 Å². The van der Waals surface area contributed by atoms with E-state index in [1.54, 1.807) is 30.3 Å². The molecule has 0 radical (unpaired) electrons. The van der Waals surface area contributed by atoms with Crippen molar-refractivity contribution >= 4 is 45.6 Å². The van der Waals surface area contributed by atoms with E-state index in [1.807, 2.05) is 52.4 Å². The molecule has 0 aliphatic heterocycles. The number of benzene rings is 2. The molecule has 5 nitrogen and oxygen atoms in total. The third kappa shape index (κ3) is 3.54. The number of nitrogens with one attached hydrogen (secondary N) is 1. The topological polar surface area (TPSA) is 70.2 Å². The molecule has 0 spiro atoms. The molecule has 0 atom stereocenters. The Bertz CT molecular complexity index is 1220. The minimum absolute atomic E-state index is 0.0138. The molecule has 4 aromatic rings. The van der Waals surface area contributed by atoms with Crippen LogP contribution in [0.5, 0.6) is 0 Å². The van der Waals surface area contributed by atoms with E-state index in [9.17, 15) is 10.1 Å². The molecule has 0 aliphatic rings. The van der Waals surface area contributed by atoms with E-state index in [1.165, 1.54) is 11.3 Å².